The van der Waals surface area contributed by atoms with Crippen LogP contribution in [0.15, 0.2) is 48.5 Å². The summed E-state index contributed by atoms with van der Waals surface area (Å²) in [6.07, 6.45) is 0.00988. The van der Waals surface area contributed by atoms with Gasteiger partial charge in [-0.25, -0.2) is 4.79 Å². The van der Waals surface area contributed by atoms with E-state index in [2.05, 4.69) is 29.6 Å². The van der Waals surface area contributed by atoms with Crippen LogP contribution in [-0.4, -0.2) is 53.7 Å². The van der Waals surface area contributed by atoms with E-state index in [1.807, 2.05) is 24.3 Å². The van der Waals surface area contributed by atoms with Crippen molar-refractivity contribution >= 4 is 18.0 Å². The summed E-state index contributed by atoms with van der Waals surface area (Å²) < 4.78 is 5.46. The molecule has 7 nitrogen and oxygen atoms in total. The summed E-state index contributed by atoms with van der Waals surface area (Å²) in [5, 5.41) is 11.8. The number of nitrogens with one attached hydrogen (secondary N) is 1. The van der Waals surface area contributed by atoms with E-state index in [0.29, 0.717) is 13.0 Å². The zero-order valence-corrected chi connectivity index (χ0v) is 17.4. The zero-order chi connectivity index (χ0) is 22.0. The lowest BCUT2D eigenvalue weighted by atomic mass is 9.98. The summed E-state index contributed by atoms with van der Waals surface area (Å²) in [6.45, 7) is 2.55. The minimum absolute atomic E-state index is 0.0156. The second-order valence-electron chi connectivity index (χ2n) is 8.06. The monoisotopic (exact) mass is 422 g/mol. The molecule has 0 bridgehead atoms. The van der Waals surface area contributed by atoms with Gasteiger partial charge in [0.25, 0.3) is 0 Å². The van der Waals surface area contributed by atoms with Crippen molar-refractivity contribution in [1.82, 2.24) is 10.2 Å². The number of hydrogen-bond donors (Lipinski definition) is 2. The summed E-state index contributed by atoms with van der Waals surface area (Å²) in [6, 6.07) is 15.9. The number of rotatable bonds is 6. The Hall–Kier alpha value is -3.35. The van der Waals surface area contributed by atoms with Crippen molar-refractivity contribution in [1.29, 1.82) is 0 Å². The van der Waals surface area contributed by atoms with Crippen LogP contribution in [0, 0.1) is 5.92 Å². The number of carbonyl (C=O) groups excluding carboxylic acids is 2. The number of aliphatic carboxylic acids is 1. The van der Waals surface area contributed by atoms with E-state index in [4.69, 9.17) is 4.74 Å². The van der Waals surface area contributed by atoms with Crippen molar-refractivity contribution in [3.05, 3.63) is 59.7 Å². The third-order valence-corrected chi connectivity index (χ3v) is 6.34. The molecule has 2 amide bonds. The number of fused-ring (bicyclic) bond motifs is 3. The van der Waals surface area contributed by atoms with E-state index >= 15 is 0 Å². The van der Waals surface area contributed by atoms with Gasteiger partial charge in [0.05, 0.1) is 5.92 Å². The van der Waals surface area contributed by atoms with Gasteiger partial charge >= 0.3 is 12.1 Å². The normalized spacial score (nSPS) is 19.6. The van der Waals surface area contributed by atoms with E-state index in [9.17, 15) is 19.5 Å². The Kier molecular flexibility index (Phi) is 5.93. The molecule has 1 heterocycles. The zero-order valence-electron chi connectivity index (χ0n) is 17.4. The van der Waals surface area contributed by atoms with Gasteiger partial charge in [-0.05, 0) is 35.6 Å². The van der Waals surface area contributed by atoms with Crippen LogP contribution in [0.2, 0.25) is 0 Å². The number of nitrogens with zero attached hydrogens (tertiary/aromatic N) is 1. The lowest BCUT2D eigenvalue weighted by Crippen LogP contribution is -2.39. The molecule has 1 aliphatic carbocycles. The molecule has 2 aromatic rings. The van der Waals surface area contributed by atoms with Gasteiger partial charge in [-0.3, -0.25) is 9.59 Å². The molecule has 1 aliphatic heterocycles. The van der Waals surface area contributed by atoms with Gasteiger partial charge in [-0.2, -0.15) is 0 Å². The van der Waals surface area contributed by atoms with E-state index in [-0.39, 0.29) is 37.4 Å². The summed E-state index contributed by atoms with van der Waals surface area (Å²) in [4.78, 5) is 37.4. The van der Waals surface area contributed by atoms with Gasteiger partial charge in [0.15, 0.2) is 0 Å². The average molecular weight is 422 g/mol. The fourth-order valence-electron chi connectivity index (χ4n) is 4.69. The lowest BCUT2D eigenvalue weighted by Gasteiger charge is -2.23. The number of carbonyl (C=O) groups is 3. The fourth-order valence-corrected chi connectivity index (χ4v) is 4.69. The predicted octanol–water partition coefficient (Wildman–Crippen LogP) is 3.24. The van der Waals surface area contributed by atoms with Crippen molar-refractivity contribution in [2.45, 2.75) is 31.7 Å². The highest BCUT2D eigenvalue weighted by Crippen LogP contribution is 2.44. The highest BCUT2D eigenvalue weighted by atomic mass is 16.5. The second kappa shape index (κ2) is 8.79. The molecule has 31 heavy (non-hydrogen) atoms. The number of carboxylic acids is 1. The Labute approximate surface area is 181 Å². The highest BCUT2D eigenvalue weighted by Gasteiger charge is 2.37. The van der Waals surface area contributed by atoms with Gasteiger partial charge < -0.3 is 20.1 Å². The molecule has 4 rings (SSSR count). The van der Waals surface area contributed by atoms with Crippen LogP contribution >= 0.6 is 0 Å². The molecule has 0 saturated carbocycles. The molecular weight excluding hydrogens is 396 g/mol. The lowest BCUT2D eigenvalue weighted by molar-refractivity contribution is -0.143. The average Bonchev–Trinajstić information content (AvgIpc) is 3.30. The first-order valence-electron chi connectivity index (χ1n) is 10.6. The Morgan fingerprint density at radius 3 is 2.26 bits per heavy atom. The summed E-state index contributed by atoms with van der Waals surface area (Å²) in [5.41, 5.74) is 4.61. The molecule has 1 saturated heterocycles. The van der Waals surface area contributed by atoms with Crippen LogP contribution in [0.4, 0.5) is 4.79 Å². The number of ether oxygens (including phenoxy) is 1. The van der Waals surface area contributed by atoms with Crippen LogP contribution in [0.25, 0.3) is 11.1 Å². The third-order valence-electron chi connectivity index (χ3n) is 6.34. The summed E-state index contributed by atoms with van der Waals surface area (Å²) in [5.74, 6) is -1.58. The number of amides is 2. The first-order valence-corrected chi connectivity index (χ1v) is 10.6. The fraction of sp³-hybridized carbons (Fsp3) is 0.375. The smallest absolute Gasteiger partial charge is 0.407 e. The molecule has 2 unspecified atom stereocenters. The van der Waals surface area contributed by atoms with Crippen LogP contribution in [-0.2, 0) is 14.3 Å². The maximum Gasteiger partial charge on any atom is 0.407 e. The number of alkyl carbamates (subject to hydrolysis) is 1. The van der Waals surface area contributed by atoms with E-state index in [1.54, 1.807) is 11.8 Å². The molecular formula is C24H26N2O5. The molecule has 0 radical (unpaired) electrons. The molecule has 2 atom stereocenters. The van der Waals surface area contributed by atoms with Crippen LogP contribution < -0.4 is 5.32 Å². The molecule has 2 aliphatic rings. The Morgan fingerprint density at radius 1 is 1.06 bits per heavy atom. The summed E-state index contributed by atoms with van der Waals surface area (Å²) in [7, 11) is 0. The summed E-state index contributed by atoms with van der Waals surface area (Å²) >= 11 is 0. The topological polar surface area (TPSA) is 95.9 Å². The largest absolute Gasteiger partial charge is 0.481 e. The Morgan fingerprint density at radius 2 is 1.68 bits per heavy atom. The predicted molar refractivity (Wildman–Crippen MR) is 115 cm³/mol. The van der Waals surface area contributed by atoms with Crippen molar-refractivity contribution in [3.63, 3.8) is 0 Å². The number of hydrogen-bond acceptors (Lipinski definition) is 4. The molecule has 7 heteroatoms. The molecule has 2 aromatic carbocycles. The Bertz CT molecular complexity index is 959. The minimum Gasteiger partial charge on any atom is -0.481 e. The number of likely N-dealkylation sites (tertiary alicyclic amines) is 1. The number of benzene rings is 2. The SMILES string of the molecule is CC1C(C(=O)O)CCN1C(=O)CCNC(=O)OCC1c2ccccc2-c2ccccc21. The molecule has 162 valence electrons. The van der Waals surface area contributed by atoms with Gasteiger partial charge in [0.2, 0.25) is 5.91 Å². The molecule has 0 aromatic heterocycles. The van der Waals surface area contributed by atoms with E-state index < -0.39 is 18.0 Å². The van der Waals surface area contributed by atoms with Gasteiger partial charge in [0, 0.05) is 31.5 Å². The third kappa shape index (κ3) is 4.13. The molecule has 1 fully saturated rings. The Balaban J connectivity index is 1.27. The van der Waals surface area contributed by atoms with Crippen molar-refractivity contribution in [2.75, 3.05) is 19.7 Å². The second-order valence-corrected chi connectivity index (χ2v) is 8.06. The minimum atomic E-state index is -0.875. The van der Waals surface area contributed by atoms with Gasteiger partial charge in [-0.1, -0.05) is 48.5 Å². The maximum absolute atomic E-state index is 12.4. The molecule has 0 spiro atoms. The van der Waals surface area contributed by atoms with Crippen molar-refractivity contribution in [2.24, 2.45) is 5.92 Å². The maximum atomic E-state index is 12.4. The standard InChI is InChI=1S/C24H26N2O5/c1-15-16(23(28)29)11-13-26(15)22(27)10-12-25-24(30)31-14-21-19-8-4-2-6-17(19)18-7-3-5-9-20(18)21/h2-9,15-16,21H,10-14H2,1H3,(H,25,30)(H,28,29). The van der Waals surface area contributed by atoms with Crippen LogP contribution in [0.3, 0.4) is 0 Å². The van der Waals surface area contributed by atoms with E-state index in [0.717, 1.165) is 22.3 Å². The number of carboxylic acid groups (broad SMARTS) is 1. The first kappa shape index (κ1) is 20.9. The highest BCUT2D eigenvalue weighted by molar-refractivity contribution is 5.80. The first-order chi connectivity index (χ1) is 15.0. The van der Waals surface area contributed by atoms with Gasteiger partial charge in [0.1, 0.15) is 6.61 Å². The van der Waals surface area contributed by atoms with Crippen molar-refractivity contribution < 1.29 is 24.2 Å². The molecule has 2 N–H and O–H groups in total. The van der Waals surface area contributed by atoms with Gasteiger partial charge in [-0.15, -0.1) is 0 Å². The van der Waals surface area contributed by atoms with Crippen LogP contribution in [0.5, 0.6) is 0 Å². The van der Waals surface area contributed by atoms with Crippen molar-refractivity contribution in [3.8, 4) is 11.1 Å². The van der Waals surface area contributed by atoms with Crippen LogP contribution in [0.1, 0.15) is 36.8 Å². The quantitative estimate of drug-likeness (QED) is 0.745. The van der Waals surface area contributed by atoms with E-state index in [1.165, 1.54) is 0 Å².